The number of alkyl halides is 2. The first-order valence-corrected chi connectivity index (χ1v) is 9.61. The van der Waals surface area contributed by atoms with E-state index < -0.39 is 29.4 Å². The van der Waals surface area contributed by atoms with Crippen LogP contribution in [0.15, 0.2) is 35.3 Å². The SMILES string of the molecule is Cc1nnc(N[C@H](C)c2cccc(C(F)F)c2F)c2cn(C3(CO)CC3)c(=O)cc12. The van der Waals surface area contributed by atoms with E-state index in [2.05, 4.69) is 15.5 Å². The predicted octanol–water partition coefficient (Wildman–Crippen LogP) is 3.83. The third-order valence-electron chi connectivity index (χ3n) is 5.74. The molecule has 1 atom stereocenters. The average Bonchev–Trinajstić information content (AvgIpc) is 3.51. The zero-order valence-electron chi connectivity index (χ0n) is 16.5. The number of benzene rings is 1. The van der Waals surface area contributed by atoms with Crippen LogP contribution < -0.4 is 10.9 Å². The highest BCUT2D eigenvalue weighted by Gasteiger charge is 2.44. The first-order chi connectivity index (χ1) is 14.3. The van der Waals surface area contributed by atoms with Gasteiger partial charge in [-0.25, -0.2) is 13.2 Å². The van der Waals surface area contributed by atoms with Crippen LogP contribution in [0.2, 0.25) is 0 Å². The number of hydrogen-bond acceptors (Lipinski definition) is 5. The Labute approximate surface area is 170 Å². The quantitative estimate of drug-likeness (QED) is 0.636. The van der Waals surface area contributed by atoms with Crippen molar-refractivity contribution in [1.29, 1.82) is 0 Å². The Morgan fingerprint density at radius 3 is 2.57 bits per heavy atom. The van der Waals surface area contributed by atoms with Gasteiger partial charge in [0.05, 0.1) is 29.4 Å². The largest absolute Gasteiger partial charge is 0.394 e. The third-order valence-corrected chi connectivity index (χ3v) is 5.74. The molecule has 0 radical (unpaired) electrons. The van der Waals surface area contributed by atoms with Crippen molar-refractivity contribution in [3.8, 4) is 0 Å². The average molecular weight is 418 g/mol. The van der Waals surface area contributed by atoms with Gasteiger partial charge in [-0.2, -0.15) is 5.10 Å². The summed E-state index contributed by atoms with van der Waals surface area (Å²) in [5.41, 5.74) is -0.894. The first kappa shape index (κ1) is 20.3. The number of nitrogens with zero attached hydrogens (tertiary/aromatic N) is 3. The van der Waals surface area contributed by atoms with Crippen LogP contribution in [-0.2, 0) is 5.54 Å². The van der Waals surface area contributed by atoms with Crippen LogP contribution in [0.25, 0.3) is 10.8 Å². The Morgan fingerprint density at radius 1 is 1.23 bits per heavy atom. The van der Waals surface area contributed by atoms with E-state index in [9.17, 15) is 23.1 Å². The molecule has 0 unspecified atom stereocenters. The number of aliphatic hydroxyl groups is 1. The van der Waals surface area contributed by atoms with Gasteiger partial charge in [-0.1, -0.05) is 18.2 Å². The lowest BCUT2D eigenvalue weighted by molar-refractivity contribution is 0.146. The zero-order valence-corrected chi connectivity index (χ0v) is 16.5. The molecule has 0 spiro atoms. The molecule has 2 aromatic heterocycles. The Hall–Kier alpha value is -2.94. The van der Waals surface area contributed by atoms with Crippen LogP contribution in [0, 0.1) is 12.7 Å². The highest BCUT2D eigenvalue weighted by Crippen LogP contribution is 2.42. The molecule has 6 nitrogen and oxygen atoms in total. The standard InChI is InChI=1S/C21H21F3N4O2/c1-11(13-4-3-5-14(18(13)22)19(23)24)25-20-16-9-28(21(10-29)6-7-21)17(30)8-15(16)12(2)26-27-20/h3-5,8-9,11,19,29H,6-7,10H2,1-2H3,(H,25,27)/t11-/m1/s1. The number of rotatable bonds is 6. The minimum absolute atomic E-state index is 0.0747. The van der Waals surface area contributed by atoms with E-state index in [1.807, 2.05) is 0 Å². The number of fused-ring (bicyclic) bond motifs is 1. The molecule has 9 heteroatoms. The van der Waals surface area contributed by atoms with Gasteiger partial charge in [0.15, 0.2) is 5.82 Å². The Balaban J connectivity index is 1.78. The van der Waals surface area contributed by atoms with Crippen LogP contribution in [0.3, 0.4) is 0 Å². The van der Waals surface area contributed by atoms with E-state index in [-0.39, 0.29) is 17.7 Å². The van der Waals surface area contributed by atoms with Crippen molar-refractivity contribution in [2.24, 2.45) is 0 Å². The number of nitrogens with one attached hydrogen (secondary N) is 1. The van der Waals surface area contributed by atoms with Crippen LogP contribution in [0.4, 0.5) is 19.0 Å². The van der Waals surface area contributed by atoms with Gasteiger partial charge in [0, 0.05) is 28.6 Å². The van der Waals surface area contributed by atoms with E-state index in [0.29, 0.717) is 35.1 Å². The summed E-state index contributed by atoms with van der Waals surface area (Å²) in [4.78, 5) is 12.6. The molecule has 1 saturated carbocycles. The Kier molecular flexibility index (Phi) is 5.01. The molecule has 0 saturated heterocycles. The van der Waals surface area contributed by atoms with E-state index in [1.165, 1.54) is 22.8 Å². The van der Waals surface area contributed by atoms with Crippen LogP contribution in [-0.4, -0.2) is 26.5 Å². The first-order valence-electron chi connectivity index (χ1n) is 9.61. The molecule has 3 aromatic rings. The van der Waals surface area contributed by atoms with Gasteiger partial charge in [-0.3, -0.25) is 4.79 Å². The van der Waals surface area contributed by atoms with Crippen molar-refractivity contribution < 1.29 is 18.3 Å². The fourth-order valence-corrected chi connectivity index (χ4v) is 3.70. The topological polar surface area (TPSA) is 80.0 Å². The molecule has 1 aliphatic carbocycles. The number of pyridine rings is 1. The zero-order chi connectivity index (χ0) is 21.6. The molecule has 1 aromatic carbocycles. The van der Waals surface area contributed by atoms with Gasteiger partial charge >= 0.3 is 0 Å². The van der Waals surface area contributed by atoms with Crippen molar-refractivity contribution in [2.45, 2.75) is 44.7 Å². The molecule has 2 N–H and O–H groups in total. The molecule has 0 bridgehead atoms. The number of aromatic nitrogens is 3. The summed E-state index contributed by atoms with van der Waals surface area (Å²) in [7, 11) is 0. The second-order valence-corrected chi connectivity index (χ2v) is 7.74. The molecular weight excluding hydrogens is 397 g/mol. The molecule has 0 amide bonds. The van der Waals surface area contributed by atoms with Crippen LogP contribution >= 0.6 is 0 Å². The van der Waals surface area contributed by atoms with E-state index >= 15 is 0 Å². The van der Waals surface area contributed by atoms with Crippen LogP contribution in [0.1, 0.15) is 49.1 Å². The van der Waals surface area contributed by atoms with Gasteiger partial charge in [-0.05, 0) is 26.7 Å². The third kappa shape index (κ3) is 3.32. The minimum atomic E-state index is -2.92. The number of anilines is 1. The number of aryl methyl sites for hydroxylation is 1. The maximum absolute atomic E-state index is 14.6. The summed E-state index contributed by atoms with van der Waals surface area (Å²) in [5, 5.41) is 22.1. The van der Waals surface area contributed by atoms with Crippen LogP contribution in [0.5, 0.6) is 0 Å². The van der Waals surface area contributed by atoms with Crippen molar-refractivity contribution in [3.05, 3.63) is 63.5 Å². The van der Waals surface area contributed by atoms with Gasteiger partial charge in [0.1, 0.15) is 5.82 Å². The molecule has 158 valence electrons. The molecule has 1 fully saturated rings. The lowest BCUT2D eigenvalue weighted by atomic mass is 10.0. The predicted molar refractivity (Wildman–Crippen MR) is 106 cm³/mol. The highest BCUT2D eigenvalue weighted by molar-refractivity contribution is 5.92. The van der Waals surface area contributed by atoms with E-state index in [0.717, 1.165) is 6.07 Å². The van der Waals surface area contributed by atoms with E-state index in [4.69, 9.17) is 0 Å². The maximum atomic E-state index is 14.6. The second kappa shape index (κ2) is 7.39. The van der Waals surface area contributed by atoms with E-state index in [1.54, 1.807) is 20.0 Å². The lowest BCUT2D eigenvalue weighted by Crippen LogP contribution is -2.32. The fourth-order valence-electron chi connectivity index (χ4n) is 3.70. The smallest absolute Gasteiger partial charge is 0.266 e. The monoisotopic (exact) mass is 418 g/mol. The summed E-state index contributed by atoms with van der Waals surface area (Å²) < 4.78 is 42.2. The normalized spacial score (nSPS) is 16.1. The number of halogens is 3. The fraction of sp³-hybridized carbons (Fsp3) is 0.381. The summed E-state index contributed by atoms with van der Waals surface area (Å²) in [6.07, 6.45) is 0.0950. The highest BCUT2D eigenvalue weighted by atomic mass is 19.3. The lowest BCUT2D eigenvalue weighted by Gasteiger charge is -2.20. The Bertz CT molecular complexity index is 1170. The van der Waals surface area contributed by atoms with Gasteiger partial charge < -0.3 is 15.0 Å². The molecule has 30 heavy (non-hydrogen) atoms. The molecule has 2 heterocycles. The van der Waals surface area contributed by atoms with Gasteiger partial charge in [-0.15, -0.1) is 5.10 Å². The maximum Gasteiger partial charge on any atom is 0.266 e. The molecular formula is C21H21F3N4O2. The number of aliphatic hydroxyl groups excluding tert-OH is 1. The van der Waals surface area contributed by atoms with Crippen molar-refractivity contribution in [2.75, 3.05) is 11.9 Å². The number of hydrogen-bond donors (Lipinski definition) is 2. The summed E-state index contributed by atoms with van der Waals surface area (Å²) in [5.74, 6) is -0.668. The second-order valence-electron chi connectivity index (χ2n) is 7.74. The van der Waals surface area contributed by atoms with Crippen molar-refractivity contribution in [1.82, 2.24) is 14.8 Å². The van der Waals surface area contributed by atoms with Gasteiger partial charge in [0.25, 0.3) is 12.0 Å². The summed E-state index contributed by atoms with van der Waals surface area (Å²) in [6, 6.07) is 4.64. The Morgan fingerprint density at radius 2 is 1.93 bits per heavy atom. The molecule has 4 rings (SSSR count). The summed E-state index contributed by atoms with van der Waals surface area (Å²) >= 11 is 0. The van der Waals surface area contributed by atoms with Crippen molar-refractivity contribution in [3.63, 3.8) is 0 Å². The van der Waals surface area contributed by atoms with Crippen molar-refractivity contribution >= 4 is 16.6 Å². The minimum Gasteiger partial charge on any atom is -0.394 e. The summed E-state index contributed by atoms with van der Waals surface area (Å²) in [6.45, 7) is 3.20. The van der Waals surface area contributed by atoms with Gasteiger partial charge in [0.2, 0.25) is 0 Å². The molecule has 1 aliphatic rings. The molecule has 0 aliphatic heterocycles.